The largest absolute Gasteiger partial charge is 0.480 e. The molecule has 0 spiro atoms. The summed E-state index contributed by atoms with van der Waals surface area (Å²) in [5.74, 6) is -2.37. The highest BCUT2D eigenvalue weighted by atomic mass is 16.4. The predicted molar refractivity (Wildman–Crippen MR) is 75.1 cm³/mol. The zero-order valence-electron chi connectivity index (χ0n) is 12.8. The molecule has 0 aliphatic heterocycles. The van der Waals surface area contributed by atoms with E-state index >= 15 is 0 Å². The monoisotopic (exact) mass is 272 g/mol. The van der Waals surface area contributed by atoms with Gasteiger partial charge in [-0.3, -0.25) is 9.59 Å². The quantitative estimate of drug-likeness (QED) is 0.626. The first-order chi connectivity index (χ1) is 8.76. The predicted octanol–water partition coefficient (Wildman–Crippen LogP) is 3.79. The normalized spacial score (nSPS) is 12.7. The molecule has 19 heavy (non-hydrogen) atoms. The van der Waals surface area contributed by atoms with Gasteiger partial charge in [0.2, 0.25) is 0 Å². The van der Waals surface area contributed by atoms with Gasteiger partial charge in [-0.15, -0.1) is 0 Å². The minimum Gasteiger partial charge on any atom is -0.480 e. The molecule has 0 heterocycles. The molecule has 0 aromatic heterocycles. The van der Waals surface area contributed by atoms with Crippen molar-refractivity contribution in [3.8, 4) is 0 Å². The molecular formula is C15H28O4. The second-order valence-electron chi connectivity index (χ2n) is 5.64. The molecule has 0 aromatic rings. The molecule has 0 saturated carbocycles. The van der Waals surface area contributed by atoms with Crippen molar-refractivity contribution in [1.82, 2.24) is 0 Å². The summed E-state index contributed by atoms with van der Waals surface area (Å²) in [5, 5.41) is 19.4. The van der Waals surface area contributed by atoms with Gasteiger partial charge in [0.05, 0.1) is 0 Å². The minimum absolute atomic E-state index is 0.00607. The van der Waals surface area contributed by atoms with Crippen molar-refractivity contribution in [2.24, 2.45) is 16.7 Å². The van der Waals surface area contributed by atoms with E-state index in [-0.39, 0.29) is 12.3 Å². The highest BCUT2D eigenvalue weighted by Gasteiger charge is 2.61. The Morgan fingerprint density at radius 2 is 1.42 bits per heavy atom. The number of aliphatic carboxylic acids is 2. The van der Waals surface area contributed by atoms with Crippen LogP contribution in [0.1, 0.15) is 66.7 Å². The van der Waals surface area contributed by atoms with Gasteiger partial charge in [0, 0.05) is 0 Å². The molecule has 0 aliphatic carbocycles. The molecule has 0 amide bonds. The van der Waals surface area contributed by atoms with Crippen LogP contribution in [0.3, 0.4) is 0 Å². The van der Waals surface area contributed by atoms with E-state index in [9.17, 15) is 19.8 Å². The van der Waals surface area contributed by atoms with Gasteiger partial charge in [0.1, 0.15) is 0 Å². The third-order valence-corrected chi connectivity index (χ3v) is 4.85. The van der Waals surface area contributed by atoms with Crippen LogP contribution in [-0.4, -0.2) is 22.2 Å². The lowest BCUT2D eigenvalue weighted by Crippen LogP contribution is -2.55. The summed E-state index contributed by atoms with van der Waals surface area (Å²) in [6, 6.07) is 0. The molecule has 0 unspecified atom stereocenters. The van der Waals surface area contributed by atoms with Gasteiger partial charge in [-0.25, -0.2) is 0 Å². The standard InChI is InChI=1S/C15H28O4/c1-6-9-10-15(12(16)17,13(18)19)14(7-2,8-3)11(4)5/h11H,6-10H2,1-5H3,(H,16,17)(H,18,19). The Morgan fingerprint density at radius 1 is 1.00 bits per heavy atom. The first-order valence-electron chi connectivity index (χ1n) is 7.23. The maximum Gasteiger partial charge on any atom is 0.321 e. The summed E-state index contributed by atoms with van der Waals surface area (Å²) in [4.78, 5) is 23.7. The second kappa shape index (κ2) is 6.92. The Labute approximate surface area is 116 Å². The SMILES string of the molecule is CCCCC(C(=O)O)(C(=O)O)C(CC)(CC)C(C)C. The van der Waals surface area contributed by atoms with Crippen molar-refractivity contribution in [1.29, 1.82) is 0 Å². The van der Waals surface area contributed by atoms with Crippen LogP contribution in [0.4, 0.5) is 0 Å². The third-order valence-electron chi connectivity index (χ3n) is 4.85. The molecule has 0 saturated heterocycles. The first kappa shape index (κ1) is 17.9. The minimum atomic E-state index is -1.68. The number of carboxylic acids is 2. The molecule has 112 valence electrons. The van der Waals surface area contributed by atoms with E-state index in [1.807, 2.05) is 34.6 Å². The lowest BCUT2D eigenvalue weighted by molar-refractivity contribution is -0.182. The summed E-state index contributed by atoms with van der Waals surface area (Å²) in [5.41, 5.74) is -2.39. The van der Waals surface area contributed by atoms with Crippen LogP contribution in [0.2, 0.25) is 0 Å². The molecule has 0 rings (SSSR count). The highest BCUT2D eigenvalue weighted by molar-refractivity contribution is 5.99. The molecule has 4 heteroatoms. The van der Waals surface area contributed by atoms with E-state index in [1.54, 1.807) is 0 Å². The summed E-state index contributed by atoms with van der Waals surface area (Å²) < 4.78 is 0. The van der Waals surface area contributed by atoms with E-state index < -0.39 is 22.8 Å². The molecule has 0 aromatic carbocycles. The van der Waals surface area contributed by atoms with Crippen molar-refractivity contribution >= 4 is 11.9 Å². The first-order valence-corrected chi connectivity index (χ1v) is 7.23. The number of hydrogen-bond acceptors (Lipinski definition) is 2. The summed E-state index contributed by atoms with van der Waals surface area (Å²) in [6.45, 7) is 9.61. The van der Waals surface area contributed by atoms with Gasteiger partial charge >= 0.3 is 11.9 Å². The van der Waals surface area contributed by atoms with Crippen LogP contribution in [-0.2, 0) is 9.59 Å². The highest BCUT2D eigenvalue weighted by Crippen LogP contribution is 2.53. The van der Waals surface area contributed by atoms with Gasteiger partial charge in [0.25, 0.3) is 0 Å². The number of carbonyl (C=O) groups is 2. The Morgan fingerprint density at radius 3 is 1.63 bits per heavy atom. The van der Waals surface area contributed by atoms with Crippen LogP contribution in [0.5, 0.6) is 0 Å². The smallest absolute Gasteiger partial charge is 0.321 e. The Kier molecular flexibility index (Phi) is 6.53. The number of carboxylic acid groups (broad SMARTS) is 2. The van der Waals surface area contributed by atoms with Crippen molar-refractivity contribution in [3.05, 3.63) is 0 Å². The average molecular weight is 272 g/mol. The molecule has 0 fully saturated rings. The zero-order chi connectivity index (χ0) is 15.3. The van der Waals surface area contributed by atoms with Crippen LogP contribution < -0.4 is 0 Å². The van der Waals surface area contributed by atoms with Gasteiger partial charge in [-0.05, 0) is 30.6 Å². The van der Waals surface area contributed by atoms with E-state index in [0.717, 1.165) is 6.42 Å². The lowest BCUT2D eigenvalue weighted by Gasteiger charge is -2.47. The van der Waals surface area contributed by atoms with Crippen molar-refractivity contribution in [3.63, 3.8) is 0 Å². The number of unbranched alkanes of at least 4 members (excludes halogenated alkanes) is 1. The van der Waals surface area contributed by atoms with Gasteiger partial charge in [-0.2, -0.15) is 0 Å². The summed E-state index contributed by atoms with van der Waals surface area (Å²) >= 11 is 0. The van der Waals surface area contributed by atoms with E-state index in [0.29, 0.717) is 19.3 Å². The van der Waals surface area contributed by atoms with Crippen molar-refractivity contribution in [2.75, 3.05) is 0 Å². The fraction of sp³-hybridized carbons (Fsp3) is 0.867. The summed E-state index contributed by atoms with van der Waals surface area (Å²) in [6.07, 6.45) is 2.73. The van der Waals surface area contributed by atoms with Gasteiger partial charge < -0.3 is 10.2 Å². The van der Waals surface area contributed by atoms with Crippen LogP contribution in [0.15, 0.2) is 0 Å². The third kappa shape index (κ3) is 2.77. The topological polar surface area (TPSA) is 74.6 Å². The fourth-order valence-electron chi connectivity index (χ4n) is 3.59. The van der Waals surface area contributed by atoms with Crippen LogP contribution >= 0.6 is 0 Å². The second-order valence-corrected chi connectivity index (χ2v) is 5.64. The number of hydrogen-bond donors (Lipinski definition) is 2. The maximum absolute atomic E-state index is 11.9. The lowest BCUT2D eigenvalue weighted by atomic mass is 9.53. The average Bonchev–Trinajstić information content (AvgIpc) is 2.33. The summed E-state index contributed by atoms with van der Waals surface area (Å²) in [7, 11) is 0. The van der Waals surface area contributed by atoms with E-state index in [1.165, 1.54) is 0 Å². The zero-order valence-corrected chi connectivity index (χ0v) is 12.8. The number of rotatable bonds is 9. The molecule has 2 N–H and O–H groups in total. The van der Waals surface area contributed by atoms with Crippen molar-refractivity contribution < 1.29 is 19.8 Å². The molecule has 4 nitrogen and oxygen atoms in total. The van der Waals surface area contributed by atoms with Gasteiger partial charge in [-0.1, -0.05) is 47.5 Å². The Balaban J connectivity index is 6.03. The maximum atomic E-state index is 11.9. The molecular weight excluding hydrogens is 244 g/mol. The van der Waals surface area contributed by atoms with Crippen LogP contribution in [0, 0.1) is 16.7 Å². The molecule has 0 bridgehead atoms. The van der Waals surface area contributed by atoms with Crippen molar-refractivity contribution in [2.45, 2.75) is 66.7 Å². The van der Waals surface area contributed by atoms with Gasteiger partial charge in [0.15, 0.2) is 5.41 Å². The Bertz CT molecular complexity index is 302. The van der Waals surface area contributed by atoms with E-state index in [4.69, 9.17) is 0 Å². The molecule has 0 atom stereocenters. The Hall–Kier alpha value is -1.06. The molecule has 0 radical (unpaired) electrons. The van der Waals surface area contributed by atoms with Crippen LogP contribution in [0.25, 0.3) is 0 Å². The fourth-order valence-corrected chi connectivity index (χ4v) is 3.59. The molecule has 0 aliphatic rings. The van der Waals surface area contributed by atoms with E-state index in [2.05, 4.69) is 0 Å².